The summed E-state index contributed by atoms with van der Waals surface area (Å²) in [6.07, 6.45) is -0.574. The Labute approximate surface area is 130 Å². The van der Waals surface area contributed by atoms with Gasteiger partial charge in [-0.05, 0) is 30.0 Å². The molecular weight excluding hydrogens is 284 g/mol. The van der Waals surface area contributed by atoms with Crippen LogP contribution in [0.25, 0.3) is 0 Å². The Morgan fingerprint density at radius 1 is 1.36 bits per heavy atom. The van der Waals surface area contributed by atoms with Crippen molar-refractivity contribution >= 4 is 11.8 Å². The third kappa shape index (κ3) is 5.73. The number of aliphatic hydroxyl groups excluding tert-OH is 1. The van der Waals surface area contributed by atoms with Crippen LogP contribution in [0.2, 0.25) is 0 Å². The molecule has 0 heterocycles. The van der Waals surface area contributed by atoms with E-state index in [9.17, 15) is 14.7 Å². The van der Waals surface area contributed by atoms with Gasteiger partial charge in [-0.2, -0.15) is 0 Å². The Kier molecular flexibility index (Phi) is 6.85. The van der Waals surface area contributed by atoms with Gasteiger partial charge in [0.2, 0.25) is 11.8 Å². The molecular formula is C16H24N2O4. The SMILES string of the molecule is COc1cccc(C[C@@H](NC(=O)[C@@H](O)CC(C)C)C(N)=O)c1. The van der Waals surface area contributed by atoms with Crippen molar-refractivity contribution in [1.82, 2.24) is 5.32 Å². The molecule has 0 aliphatic carbocycles. The normalized spacial score (nSPS) is 13.5. The number of aliphatic hydroxyl groups is 1. The number of nitrogens with one attached hydrogen (secondary N) is 1. The van der Waals surface area contributed by atoms with Gasteiger partial charge < -0.3 is 20.9 Å². The molecule has 0 aliphatic heterocycles. The van der Waals surface area contributed by atoms with Crippen molar-refractivity contribution < 1.29 is 19.4 Å². The lowest BCUT2D eigenvalue weighted by atomic mass is 10.0. The summed E-state index contributed by atoms with van der Waals surface area (Å²) in [5, 5.41) is 12.3. The first-order valence-electron chi connectivity index (χ1n) is 7.24. The van der Waals surface area contributed by atoms with Crippen molar-refractivity contribution in [3.63, 3.8) is 0 Å². The molecule has 2 atom stereocenters. The highest BCUT2D eigenvalue weighted by molar-refractivity contribution is 5.88. The van der Waals surface area contributed by atoms with Crippen LogP contribution >= 0.6 is 0 Å². The van der Waals surface area contributed by atoms with Gasteiger partial charge >= 0.3 is 0 Å². The first-order valence-corrected chi connectivity index (χ1v) is 7.24. The summed E-state index contributed by atoms with van der Waals surface area (Å²) in [6, 6.07) is 6.29. The van der Waals surface area contributed by atoms with Gasteiger partial charge in [0.25, 0.3) is 0 Å². The van der Waals surface area contributed by atoms with Crippen LogP contribution in [0, 0.1) is 5.92 Å². The third-order valence-electron chi connectivity index (χ3n) is 3.23. The summed E-state index contributed by atoms with van der Waals surface area (Å²) in [6.45, 7) is 3.80. The first-order chi connectivity index (χ1) is 10.3. The largest absolute Gasteiger partial charge is 0.497 e. The molecule has 0 radical (unpaired) electrons. The monoisotopic (exact) mass is 308 g/mol. The van der Waals surface area contributed by atoms with E-state index in [2.05, 4.69) is 5.32 Å². The van der Waals surface area contributed by atoms with Crippen LogP contribution in [0.3, 0.4) is 0 Å². The zero-order chi connectivity index (χ0) is 16.7. The Bertz CT molecular complexity index is 517. The van der Waals surface area contributed by atoms with E-state index in [4.69, 9.17) is 10.5 Å². The van der Waals surface area contributed by atoms with Gasteiger partial charge in [-0.3, -0.25) is 9.59 Å². The van der Waals surface area contributed by atoms with E-state index >= 15 is 0 Å². The molecule has 6 heteroatoms. The Balaban J connectivity index is 2.73. The molecule has 1 aromatic carbocycles. The molecule has 4 N–H and O–H groups in total. The predicted molar refractivity (Wildman–Crippen MR) is 83.3 cm³/mol. The maximum Gasteiger partial charge on any atom is 0.249 e. The average molecular weight is 308 g/mol. The van der Waals surface area contributed by atoms with Crippen LogP contribution in [0.4, 0.5) is 0 Å². The molecule has 6 nitrogen and oxygen atoms in total. The van der Waals surface area contributed by atoms with Gasteiger partial charge in [-0.15, -0.1) is 0 Å². The number of ether oxygens (including phenoxy) is 1. The van der Waals surface area contributed by atoms with Gasteiger partial charge in [0.05, 0.1) is 7.11 Å². The maximum atomic E-state index is 11.9. The fourth-order valence-electron chi connectivity index (χ4n) is 2.08. The van der Waals surface area contributed by atoms with Crippen LogP contribution in [0.15, 0.2) is 24.3 Å². The van der Waals surface area contributed by atoms with E-state index in [0.29, 0.717) is 12.2 Å². The van der Waals surface area contributed by atoms with E-state index in [1.54, 1.807) is 25.3 Å². The molecule has 0 unspecified atom stereocenters. The van der Waals surface area contributed by atoms with Crippen molar-refractivity contribution in [2.45, 2.75) is 38.8 Å². The molecule has 0 fully saturated rings. The number of nitrogens with two attached hydrogens (primary N) is 1. The number of rotatable bonds is 8. The van der Waals surface area contributed by atoms with Gasteiger partial charge in [-0.25, -0.2) is 0 Å². The van der Waals surface area contributed by atoms with E-state index < -0.39 is 24.0 Å². The number of hydrogen-bond donors (Lipinski definition) is 3. The van der Waals surface area contributed by atoms with E-state index in [-0.39, 0.29) is 12.3 Å². The molecule has 2 amide bonds. The van der Waals surface area contributed by atoms with E-state index in [1.807, 2.05) is 19.9 Å². The minimum Gasteiger partial charge on any atom is -0.497 e. The highest BCUT2D eigenvalue weighted by atomic mass is 16.5. The number of benzene rings is 1. The molecule has 1 rings (SSSR count). The molecule has 122 valence electrons. The van der Waals surface area contributed by atoms with Crippen molar-refractivity contribution in [1.29, 1.82) is 0 Å². The second-order valence-electron chi connectivity index (χ2n) is 5.66. The second kappa shape index (κ2) is 8.38. The highest BCUT2D eigenvalue weighted by Crippen LogP contribution is 2.14. The molecule has 0 bridgehead atoms. The molecule has 0 spiro atoms. The van der Waals surface area contributed by atoms with Crippen LogP contribution in [-0.4, -0.2) is 36.2 Å². The van der Waals surface area contributed by atoms with Gasteiger partial charge in [-0.1, -0.05) is 26.0 Å². The zero-order valence-corrected chi connectivity index (χ0v) is 13.2. The summed E-state index contributed by atoms with van der Waals surface area (Å²) in [5.74, 6) is -0.397. The summed E-state index contributed by atoms with van der Waals surface area (Å²) in [7, 11) is 1.55. The average Bonchev–Trinajstić information content (AvgIpc) is 2.45. The van der Waals surface area contributed by atoms with Crippen molar-refractivity contribution in [3.05, 3.63) is 29.8 Å². The fourth-order valence-corrected chi connectivity index (χ4v) is 2.08. The van der Waals surface area contributed by atoms with Crippen molar-refractivity contribution in [2.24, 2.45) is 11.7 Å². The fraction of sp³-hybridized carbons (Fsp3) is 0.500. The summed E-state index contributed by atoms with van der Waals surface area (Å²) >= 11 is 0. The first kappa shape index (κ1) is 18.0. The Hall–Kier alpha value is -2.08. The minimum atomic E-state index is -1.15. The lowest BCUT2D eigenvalue weighted by molar-refractivity contribution is -0.133. The molecule has 0 saturated carbocycles. The quantitative estimate of drug-likeness (QED) is 0.655. The van der Waals surface area contributed by atoms with E-state index in [1.165, 1.54) is 0 Å². The van der Waals surface area contributed by atoms with Crippen molar-refractivity contribution in [2.75, 3.05) is 7.11 Å². The number of hydrogen-bond acceptors (Lipinski definition) is 4. The molecule has 22 heavy (non-hydrogen) atoms. The summed E-state index contributed by atoms with van der Waals surface area (Å²) in [5.41, 5.74) is 6.15. The number of primary amides is 1. The second-order valence-corrected chi connectivity index (χ2v) is 5.66. The van der Waals surface area contributed by atoms with Crippen LogP contribution in [0.1, 0.15) is 25.8 Å². The summed E-state index contributed by atoms with van der Waals surface area (Å²) < 4.78 is 5.12. The number of carbonyl (C=O) groups excluding carboxylic acids is 2. The predicted octanol–water partition coefficient (Wildman–Crippen LogP) is 0.615. The number of carbonyl (C=O) groups is 2. The molecule has 1 aromatic rings. The van der Waals surface area contributed by atoms with Gasteiger partial charge in [0, 0.05) is 6.42 Å². The van der Waals surface area contributed by atoms with Crippen molar-refractivity contribution in [3.8, 4) is 5.75 Å². The molecule has 0 saturated heterocycles. The van der Waals surface area contributed by atoms with Gasteiger partial charge in [0.15, 0.2) is 0 Å². The maximum absolute atomic E-state index is 11.9. The van der Waals surface area contributed by atoms with E-state index in [0.717, 1.165) is 5.56 Å². The molecule has 0 aromatic heterocycles. The Morgan fingerprint density at radius 3 is 2.59 bits per heavy atom. The van der Waals surface area contributed by atoms with Crippen LogP contribution in [-0.2, 0) is 16.0 Å². The lowest BCUT2D eigenvalue weighted by Gasteiger charge is -2.19. The highest BCUT2D eigenvalue weighted by Gasteiger charge is 2.23. The molecule has 0 aliphatic rings. The van der Waals surface area contributed by atoms with Crippen LogP contribution < -0.4 is 15.8 Å². The standard InChI is InChI=1S/C16H24N2O4/c1-10(2)7-14(19)16(21)18-13(15(17)20)9-11-5-4-6-12(8-11)22-3/h4-6,8,10,13-14,19H,7,9H2,1-3H3,(H2,17,20)(H,18,21)/t13-,14+/m1/s1. The minimum absolute atomic E-state index is 0.172. The van der Waals surface area contributed by atoms with Crippen LogP contribution in [0.5, 0.6) is 5.75 Å². The lowest BCUT2D eigenvalue weighted by Crippen LogP contribution is -2.49. The van der Waals surface area contributed by atoms with Gasteiger partial charge in [0.1, 0.15) is 17.9 Å². The topological polar surface area (TPSA) is 102 Å². The third-order valence-corrected chi connectivity index (χ3v) is 3.23. The number of methoxy groups -OCH3 is 1. The Morgan fingerprint density at radius 2 is 2.05 bits per heavy atom. The smallest absolute Gasteiger partial charge is 0.249 e. The summed E-state index contributed by atoms with van der Waals surface area (Å²) in [4.78, 5) is 23.4. The zero-order valence-electron chi connectivity index (χ0n) is 13.2. The number of amides is 2.